The Morgan fingerprint density at radius 2 is 1.59 bits per heavy atom. The number of methoxy groups -OCH3 is 4. The van der Waals surface area contributed by atoms with Crippen LogP contribution in [0.25, 0.3) is 37.7 Å². The monoisotopic (exact) mass is 518 g/mol. The van der Waals surface area contributed by atoms with Crippen LogP contribution in [0.3, 0.4) is 0 Å². The third-order valence-corrected chi connectivity index (χ3v) is 7.03. The summed E-state index contributed by atoms with van der Waals surface area (Å²) in [4.78, 5) is 20.4. The molecule has 0 saturated heterocycles. The van der Waals surface area contributed by atoms with Crippen molar-refractivity contribution in [2.45, 2.75) is 0 Å². The highest BCUT2D eigenvalue weighted by Gasteiger charge is 2.23. The van der Waals surface area contributed by atoms with Gasteiger partial charge in [-0.2, -0.15) is 0 Å². The normalized spacial score (nSPS) is 10.9. The lowest BCUT2D eigenvalue weighted by Crippen LogP contribution is -2.00. The van der Waals surface area contributed by atoms with Crippen molar-refractivity contribution in [3.63, 3.8) is 0 Å². The van der Waals surface area contributed by atoms with Crippen LogP contribution in [-0.2, 0) is 0 Å². The number of imidazole rings is 1. The van der Waals surface area contributed by atoms with Crippen LogP contribution in [0.2, 0.25) is 0 Å². The molecule has 0 bridgehead atoms. The standard InChI is InChI=1S/C26H22N4O6S/c1-33-17-9-19-25(24(10-17)36-4)37-26(28-19)15-5-7-16(8-6-15)29-14-27-13-21(29)18-11-22(34-2)23(35-3)12-20(18)30(31)32/h5-14H,1-4H3. The zero-order chi connectivity index (χ0) is 26.1. The maximum absolute atomic E-state index is 11.9. The van der Waals surface area contributed by atoms with E-state index in [1.54, 1.807) is 37.4 Å². The number of aromatic nitrogens is 3. The Balaban J connectivity index is 1.55. The number of nitrogens with zero attached hydrogens (tertiary/aromatic N) is 4. The molecule has 0 spiro atoms. The summed E-state index contributed by atoms with van der Waals surface area (Å²) in [6, 6.07) is 14.4. The van der Waals surface area contributed by atoms with Gasteiger partial charge in [0.2, 0.25) is 0 Å². The molecule has 0 aliphatic carbocycles. The first-order chi connectivity index (χ1) is 18.0. The molecule has 37 heavy (non-hydrogen) atoms. The summed E-state index contributed by atoms with van der Waals surface area (Å²) < 4.78 is 24.2. The summed E-state index contributed by atoms with van der Waals surface area (Å²) in [5.41, 5.74) is 3.27. The summed E-state index contributed by atoms with van der Waals surface area (Å²) in [7, 11) is 6.14. The molecule has 10 nitrogen and oxygen atoms in total. The van der Waals surface area contributed by atoms with E-state index in [1.807, 2.05) is 36.4 Å². The molecule has 0 amide bonds. The predicted octanol–water partition coefficient (Wildman–Crippen LogP) is 5.76. The molecular formula is C26H22N4O6S. The van der Waals surface area contributed by atoms with Crippen molar-refractivity contribution in [1.29, 1.82) is 0 Å². The SMILES string of the molecule is COc1cc(OC)c2sc(-c3ccc(-n4cncc4-c4cc(OC)c(OC)cc4[N+](=O)[O-])cc3)nc2c1. The number of ether oxygens (including phenoxy) is 4. The zero-order valence-corrected chi connectivity index (χ0v) is 21.2. The average Bonchev–Trinajstić information content (AvgIpc) is 3.59. The van der Waals surface area contributed by atoms with Gasteiger partial charge in [-0.15, -0.1) is 11.3 Å². The molecule has 0 saturated carbocycles. The summed E-state index contributed by atoms with van der Waals surface area (Å²) in [5.74, 6) is 2.04. The highest BCUT2D eigenvalue weighted by molar-refractivity contribution is 7.22. The molecule has 0 radical (unpaired) electrons. The van der Waals surface area contributed by atoms with Crippen LogP contribution in [0.1, 0.15) is 0 Å². The number of hydrogen-bond acceptors (Lipinski definition) is 9. The average molecular weight is 519 g/mol. The van der Waals surface area contributed by atoms with E-state index >= 15 is 0 Å². The highest BCUT2D eigenvalue weighted by Crippen LogP contribution is 2.41. The second kappa shape index (κ2) is 9.78. The smallest absolute Gasteiger partial charge is 0.282 e. The Labute approximate surface area is 215 Å². The Morgan fingerprint density at radius 3 is 2.24 bits per heavy atom. The van der Waals surface area contributed by atoms with Gasteiger partial charge in [0.1, 0.15) is 16.5 Å². The Bertz CT molecular complexity index is 1610. The van der Waals surface area contributed by atoms with Gasteiger partial charge in [0.05, 0.1) is 73.4 Å². The molecular weight excluding hydrogens is 496 g/mol. The minimum Gasteiger partial charge on any atom is -0.497 e. The van der Waals surface area contributed by atoms with E-state index in [0.29, 0.717) is 28.5 Å². The van der Waals surface area contributed by atoms with Crippen LogP contribution < -0.4 is 18.9 Å². The summed E-state index contributed by atoms with van der Waals surface area (Å²) in [5, 5.41) is 12.7. The van der Waals surface area contributed by atoms with Crippen LogP contribution in [0.4, 0.5) is 5.69 Å². The molecule has 0 atom stereocenters. The Kier molecular flexibility index (Phi) is 6.36. The van der Waals surface area contributed by atoms with Crippen molar-refractivity contribution in [3.8, 4) is 50.5 Å². The van der Waals surface area contributed by atoms with Crippen molar-refractivity contribution in [1.82, 2.24) is 14.5 Å². The van der Waals surface area contributed by atoms with Crippen molar-refractivity contribution < 1.29 is 23.9 Å². The van der Waals surface area contributed by atoms with E-state index in [2.05, 4.69) is 4.98 Å². The van der Waals surface area contributed by atoms with Crippen LogP contribution in [0, 0.1) is 10.1 Å². The van der Waals surface area contributed by atoms with E-state index in [4.69, 9.17) is 23.9 Å². The van der Waals surface area contributed by atoms with Crippen molar-refractivity contribution in [2.75, 3.05) is 28.4 Å². The quantitative estimate of drug-likeness (QED) is 0.188. The van der Waals surface area contributed by atoms with E-state index in [9.17, 15) is 10.1 Å². The molecule has 188 valence electrons. The van der Waals surface area contributed by atoms with Gasteiger partial charge >= 0.3 is 0 Å². The van der Waals surface area contributed by atoms with Crippen LogP contribution >= 0.6 is 11.3 Å². The number of thiazole rings is 1. The molecule has 11 heteroatoms. The van der Waals surface area contributed by atoms with Gasteiger partial charge in [0.15, 0.2) is 11.5 Å². The van der Waals surface area contributed by atoms with Gasteiger partial charge < -0.3 is 18.9 Å². The van der Waals surface area contributed by atoms with Crippen molar-refractivity contribution in [2.24, 2.45) is 0 Å². The molecule has 3 aromatic carbocycles. The third kappa shape index (κ3) is 4.29. The number of hydrogen-bond donors (Lipinski definition) is 0. The number of nitro groups is 1. The van der Waals surface area contributed by atoms with E-state index in [0.717, 1.165) is 26.5 Å². The molecule has 0 N–H and O–H groups in total. The van der Waals surface area contributed by atoms with E-state index in [-0.39, 0.29) is 11.4 Å². The number of benzene rings is 3. The van der Waals surface area contributed by atoms with Gasteiger partial charge in [-0.1, -0.05) is 0 Å². The topological polar surface area (TPSA) is 111 Å². The van der Waals surface area contributed by atoms with Gasteiger partial charge in [-0.25, -0.2) is 9.97 Å². The highest BCUT2D eigenvalue weighted by atomic mass is 32.1. The van der Waals surface area contributed by atoms with Crippen LogP contribution in [-0.4, -0.2) is 47.9 Å². The van der Waals surface area contributed by atoms with Gasteiger partial charge in [0.25, 0.3) is 5.69 Å². The van der Waals surface area contributed by atoms with Crippen LogP contribution in [0.15, 0.2) is 61.1 Å². The number of fused-ring (bicyclic) bond motifs is 1. The molecule has 2 heterocycles. The lowest BCUT2D eigenvalue weighted by molar-refractivity contribution is -0.384. The van der Waals surface area contributed by atoms with Gasteiger partial charge in [0, 0.05) is 29.4 Å². The third-order valence-electron chi connectivity index (χ3n) is 5.89. The Morgan fingerprint density at radius 1 is 0.892 bits per heavy atom. The number of nitro benzene ring substituents is 1. The molecule has 0 unspecified atom stereocenters. The molecule has 5 rings (SSSR count). The summed E-state index contributed by atoms with van der Waals surface area (Å²) >= 11 is 1.53. The first-order valence-corrected chi connectivity index (χ1v) is 11.9. The summed E-state index contributed by atoms with van der Waals surface area (Å²) in [6.45, 7) is 0. The van der Waals surface area contributed by atoms with Crippen LogP contribution in [0.5, 0.6) is 23.0 Å². The minimum atomic E-state index is -0.450. The fourth-order valence-corrected chi connectivity index (χ4v) is 5.10. The van der Waals surface area contributed by atoms with Gasteiger partial charge in [-0.05, 0) is 24.3 Å². The molecule has 0 aliphatic heterocycles. The Hall–Kier alpha value is -4.64. The fraction of sp³-hybridized carbons (Fsp3) is 0.154. The van der Waals surface area contributed by atoms with Crippen molar-refractivity contribution >= 4 is 27.2 Å². The number of rotatable bonds is 8. The molecule has 0 fully saturated rings. The fourth-order valence-electron chi connectivity index (χ4n) is 4.06. The lowest BCUT2D eigenvalue weighted by atomic mass is 10.1. The largest absolute Gasteiger partial charge is 0.497 e. The molecule has 0 aliphatic rings. The first kappa shape index (κ1) is 24.1. The molecule has 2 aromatic heterocycles. The maximum Gasteiger partial charge on any atom is 0.282 e. The first-order valence-electron chi connectivity index (χ1n) is 11.0. The second-order valence-electron chi connectivity index (χ2n) is 7.87. The van der Waals surface area contributed by atoms with E-state index < -0.39 is 4.92 Å². The van der Waals surface area contributed by atoms with E-state index in [1.165, 1.54) is 31.6 Å². The second-order valence-corrected chi connectivity index (χ2v) is 8.87. The summed E-state index contributed by atoms with van der Waals surface area (Å²) in [6.07, 6.45) is 3.19. The lowest BCUT2D eigenvalue weighted by Gasteiger charge is -2.13. The predicted molar refractivity (Wildman–Crippen MR) is 140 cm³/mol. The zero-order valence-electron chi connectivity index (χ0n) is 20.4. The maximum atomic E-state index is 11.9. The van der Waals surface area contributed by atoms with Gasteiger partial charge in [-0.3, -0.25) is 14.7 Å². The minimum absolute atomic E-state index is 0.116. The molecule has 5 aromatic rings. The van der Waals surface area contributed by atoms with Crippen molar-refractivity contribution in [3.05, 3.63) is 71.2 Å².